The molecule has 1 aliphatic rings. The molecule has 0 amide bonds. The van der Waals surface area contributed by atoms with Crippen molar-refractivity contribution in [3.05, 3.63) is 43.0 Å². The van der Waals surface area contributed by atoms with Gasteiger partial charge in [0.25, 0.3) is 0 Å². The molecule has 1 aromatic carbocycles. The second-order valence-corrected chi connectivity index (χ2v) is 9.44. The lowest BCUT2D eigenvalue weighted by Crippen LogP contribution is -2.35. The number of hydrogen-bond donors (Lipinski definition) is 2. The SMILES string of the molecule is CNc1ncnc2c1ncn2[C@H]1C[C@H](F)[C@@H](COP(=O)(N[C@@H](C)C(=O)OC)Oc2ccccc2)O1. The normalized spacial score (nSPS) is 22.5. The largest absolute Gasteiger partial charge is 0.468 e. The number of fused-ring (bicyclic) bond motifs is 1. The van der Waals surface area contributed by atoms with Gasteiger partial charge in [-0.25, -0.2) is 23.9 Å². The summed E-state index contributed by atoms with van der Waals surface area (Å²) >= 11 is 0. The molecule has 3 heterocycles. The highest BCUT2D eigenvalue weighted by molar-refractivity contribution is 7.52. The molecule has 0 radical (unpaired) electrons. The van der Waals surface area contributed by atoms with Gasteiger partial charge in [-0.3, -0.25) is 13.9 Å². The molecule has 1 unspecified atom stereocenters. The van der Waals surface area contributed by atoms with Gasteiger partial charge >= 0.3 is 13.7 Å². The van der Waals surface area contributed by atoms with Gasteiger partial charge in [0.2, 0.25) is 0 Å². The average Bonchev–Trinajstić information content (AvgIpc) is 3.45. The van der Waals surface area contributed by atoms with E-state index in [0.717, 1.165) is 0 Å². The zero-order valence-electron chi connectivity index (χ0n) is 19.3. The molecule has 0 bridgehead atoms. The van der Waals surface area contributed by atoms with Crippen molar-refractivity contribution in [2.45, 2.75) is 37.9 Å². The van der Waals surface area contributed by atoms with Crippen molar-refractivity contribution in [2.75, 3.05) is 26.1 Å². The number of para-hydroxylation sites is 1. The fraction of sp³-hybridized carbons (Fsp3) is 0.429. The summed E-state index contributed by atoms with van der Waals surface area (Å²) in [6.45, 7) is 1.05. The molecule has 3 aromatic rings. The Hall–Kier alpha value is -3.12. The smallest absolute Gasteiger partial charge is 0.459 e. The molecule has 35 heavy (non-hydrogen) atoms. The number of carbonyl (C=O) groups is 1. The minimum atomic E-state index is -4.12. The molecule has 2 aromatic heterocycles. The zero-order chi connectivity index (χ0) is 25.0. The fourth-order valence-corrected chi connectivity index (χ4v) is 5.11. The number of alkyl halides is 1. The molecule has 14 heteroatoms. The Morgan fingerprint density at radius 3 is 2.80 bits per heavy atom. The summed E-state index contributed by atoms with van der Waals surface area (Å²) in [7, 11) is -1.20. The maximum absolute atomic E-state index is 14.9. The van der Waals surface area contributed by atoms with E-state index in [1.54, 1.807) is 41.9 Å². The average molecular weight is 508 g/mol. The highest BCUT2D eigenvalue weighted by atomic mass is 31.2. The lowest BCUT2D eigenvalue weighted by atomic mass is 10.2. The van der Waals surface area contributed by atoms with Gasteiger partial charge in [-0.05, 0) is 19.1 Å². The van der Waals surface area contributed by atoms with Crippen molar-refractivity contribution >= 4 is 30.7 Å². The number of anilines is 1. The molecule has 188 valence electrons. The van der Waals surface area contributed by atoms with E-state index < -0.39 is 44.9 Å². The van der Waals surface area contributed by atoms with Crippen LogP contribution in [0, 0.1) is 0 Å². The summed E-state index contributed by atoms with van der Waals surface area (Å²) in [5.41, 5.74) is 1.00. The molecular formula is C21H26FN6O6P. The van der Waals surface area contributed by atoms with Gasteiger partial charge in [0.15, 0.2) is 11.5 Å². The molecule has 1 aliphatic heterocycles. The first-order chi connectivity index (χ1) is 16.8. The van der Waals surface area contributed by atoms with Crippen LogP contribution in [0.25, 0.3) is 11.2 Å². The minimum Gasteiger partial charge on any atom is -0.468 e. The number of carbonyl (C=O) groups excluding carboxylic acids is 1. The molecular weight excluding hydrogens is 482 g/mol. The second kappa shape index (κ2) is 10.6. The molecule has 2 N–H and O–H groups in total. The summed E-state index contributed by atoms with van der Waals surface area (Å²) in [6, 6.07) is 7.27. The van der Waals surface area contributed by atoms with Crippen LogP contribution in [0.3, 0.4) is 0 Å². The predicted molar refractivity (Wildman–Crippen MR) is 124 cm³/mol. The number of hydrogen-bond acceptors (Lipinski definition) is 10. The summed E-state index contributed by atoms with van der Waals surface area (Å²) in [5, 5.41) is 5.46. The highest BCUT2D eigenvalue weighted by Crippen LogP contribution is 2.46. The van der Waals surface area contributed by atoms with Gasteiger partial charge in [0.1, 0.15) is 42.1 Å². The van der Waals surface area contributed by atoms with Crippen LogP contribution >= 0.6 is 7.75 Å². The van der Waals surface area contributed by atoms with Crippen LogP contribution in [0.4, 0.5) is 10.2 Å². The number of nitrogens with one attached hydrogen (secondary N) is 2. The Morgan fingerprint density at radius 2 is 2.09 bits per heavy atom. The van der Waals surface area contributed by atoms with Gasteiger partial charge in [0.05, 0.1) is 20.0 Å². The van der Waals surface area contributed by atoms with E-state index in [0.29, 0.717) is 17.0 Å². The van der Waals surface area contributed by atoms with Crippen LogP contribution in [-0.4, -0.2) is 64.6 Å². The van der Waals surface area contributed by atoms with Crippen LogP contribution in [0.2, 0.25) is 0 Å². The van der Waals surface area contributed by atoms with E-state index in [9.17, 15) is 13.8 Å². The number of ether oxygens (including phenoxy) is 2. The topological polar surface area (TPSA) is 139 Å². The molecule has 12 nitrogen and oxygen atoms in total. The number of esters is 1. The summed E-state index contributed by atoms with van der Waals surface area (Å²) < 4.78 is 51.6. The summed E-state index contributed by atoms with van der Waals surface area (Å²) in [5.74, 6) is 0.112. The van der Waals surface area contributed by atoms with Gasteiger partial charge in [-0.2, -0.15) is 5.09 Å². The van der Waals surface area contributed by atoms with E-state index in [4.69, 9.17) is 13.8 Å². The molecule has 0 spiro atoms. The zero-order valence-corrected chi connectivity index (χ0v) is 20.2. The Balaban J connectivity index is 1.48. The van der Waals surface area contributed by atoms with Gasteiger partial charge in [0, 0.05) is 13.5 Å². The number of aromatic nitrogens is 4. The van der Waals surface area contributed by atoms with Crippen molar-refractivity contribution in [3.8, 4) is 5.75 Å². The van der Waals surface area contributed by atoms with Crippen molar-refractivity contribution in [1.29, 1.82) is 0 Å². The number of nitrogens with zero attached hydrogens (tertiary/aromatic N) is 4. The Bertz CT molecular complexity index is 1210. The molecule has 0 saturated carbocycles. The first kappa shape index (κ1) is 25.0. The Morgan fingerprint density at radius 1 is 1.31 bits per heavy atom. The third kappa shape index (κ3) is 5.59. The first-order valence-corrected chi connectivity index (χ1v) is 12.4. The number of halogens is 1. The first-order valence-electron chi connectivity index (χ1n) is 10.8. The van der Waals surface area contributed by atoms with E-state index >= 15 is 0 Å². The molecule has 5 atom stereocenters. The lowest BCUT2D eigenvalue weighted by Gasteiger charge is -2.24. The number of imidazole rings is 1. The Kier molecular flexibility index (Phi) is 7.60. The summed E-state index contributed by atoms with van der Waals surface area (Å²) in [6.07, 6.45) is -0.296. The van der Waals surface area contributed by atoms with E-state index in [1.165, 1.54) is 26.7 Å². The van der Waals surface area contributed by atoms with E-state index in [-0.39, 0.29) is 12.2 Å². The number of rotatable bonds is 10. The van der Waals surface area contributed by atoms with Crippen LogP contribution in [-0.2, 0) is 23.4 Å². The molecule has 1 fully saturated rings. The predicted octanol–water partition coefficient (Wildman–Crippen LogP) is 2.85. The van der Waals surface area contributed by atoms with Gasteiger partial charge in [-0.1, -0.05) is 18.2 Å². The van der Waals surface area contributed by atoms with Crippen molar-refractivity contribution in [2.24, 2.45) is 0 Å². The van der Waals surface area contributed by atoms with Crippen molar-refractivity contribution < 1.29 is 32.3 Å². The Labute approximate surface area is 200 Å². The number of benzene rings is 1. The van der Waals surface area contributed by atoms with Crippen LogP contribution in [0.5, 0.6) is 5.75 Å². The monoisotopic (exact) mass is 508 g/mol. The number of methoxy groups -OCH3 is 1. The maximum Gasteiger partial charge on any atom is 0.459 e. The second-order valence-electron chi connectivity index (χ2n) is 7.75. The summed E-state index contributed by atoms with van der Waals surface area (Å²) in [4.78, 5) is 24.5. The van der Waals surface area contributed by atoms with E-state index in [1.807, 2.05) is 0 Å². The highest BCUT2D eigenvalue weighted by Gasteiger charge is 2.40. The third-order valence-corrected chi connectivity index (χ3v) is 7.00. The quantitative estimate of drug-likeness (QED) is 0.309. The van der Waals surface area contributed by atoms with Crippen molar-refractivity contribution in [1.82, 2.24) is 24.6 Å². The lowest BCUT2D eigenvalue weighted by molar-refractivity contribution is -0.142. The maximum atomic E-state index is 14.9. The van der Waals surface area contributed by atoms with Gasteiger partial charge in [-0.15, -0.1) is 0 Å². The van der Waals surface area contributed by atoms with E-state index in [2.05, 4.69) is 30.1 Å². The van der Waals surface area contributed by atoms with Crippen LogP contribution in [0.15, 0.2) is 43.0 Å². The third-order valence-electron chi connectivity index (χ3n) is 5.35. The molecule has 0 aliphatic carbocycles. The molecule has 4 rings (SSSR count). The van der Waals surface area contributed by atoms with Crippen LogP contribution in [0.1, 0.15) is 19.6 Å². The van der Waals surface area contributed by atoms with Crippen molar-refractivity contribution in [3.63, 3.8) is 0 Å². The fourth-order valence-electron chi connectivity index (χ4n) is 3.60. The molecule has 1 saturated heterocycles. The van der Waals surface area contributed by atoms with Crippen LogP contribution < -0.4 is 14.9 Å². The van der Waals surface area contributed by atoms with Gasteiger partial charge < -0.3 is 19.3 Å². The standard InChI is InChI=1S/C21H26FN6O6P/c1-13(21(29)31-3)27-35(30,34-14-7-5-4-6-8-14)32-10-16-15(22)9-17(33-16)28-12-26-18-19(23-2)24-11-25-20(18)28/h4-8,11-13,15-17H,9-10H2,1-3H3,(H,27,30)(H,23,24,25)/t13-,15-,16+,17+,35?/m0/s1. The minimum absolute atomic E-state index is 0.00815.